The smallest absolute Gasteiger partial charge is 0.239 e. The van der Waals surface area contributed by atoms with E-state index in [1.807, 2.05) is 12.1 Å². The SMILES string of the molecule is NC(=O)[C@]12C=C[C@@H](CC1)[C@H]1C(=O)N(c3ccccc3)C(=O)[C@H]12. The molecule has 1 aromatic carbocycles. The Morgan fingerprint density at radius 3 is 2.50 bits per heavy atom. The van der Waals surface area contributed by atoms with Crippen LogP contribution in [-0.4, -0.2) is 17.7 Å². The summed E-state index contributed by atoms with van der Waals surface area (Å²) in [6, 6.07) is 8.87. The van der Waals surface area contributed by atoms with Gasteiger partial charge in [0, 0.05) is 0 Å². The number of nitrogens with zero attached hydrogens (tertiary/aromatic N) is 1. The van der Waals surface area contributed by atoms with Gasteiger partial charge in [0.1, 0.15) is 0 Å². The van der Waals surface area contributed by atoms with Gasteiger partial charge in [0.2, 0.25) is 17.7 Å². The molecule has 5 nitrogen and oxygen atoms in total. The standard InChI is InChI=1S/C17H16N2O3/c18-16(22)17-8-6-10(7-9-17)12-13(17)15(21)19(14(12)20)11-4-2-1-3-5-11/h1-6,8,10,12-13H,7,9H2,(H2,18,22)/t10-,12+,13-,17+/m0/s1. The van der Waals surface area contributed by atoms with E-state index in [9.17, 15) is 14.4 Å². The van der Waals surface area contributed by atoms with Crippen molar-refractivity contribution in [2.45, 2.75) is 12.8 Å². The molecule has 0 spiro atoms. The zero-order chi connectivity index (χ0) is 15.5. The highest BCUT2D eigenvalue weighted by molar-refractivity contribution is 6.23. The van der Waals surface area contributed by atoms with Crippen LogP contribution in [0.3, 0.4) is 0 Å². The fraction of sp³-hybridized carbons (Fsp3) is 0.353. The monoisotopic (exact) mass is 296 g/mol. The molecule has 1 saturated heterocycles. The normalized spacial score (nSPS) is 35.8. The van der Waals surface area contributed by atoms with Gasteiger partial charge in [-0.1, -0.05) is 30.4 Å². The second-order valence-corrected chi connectivity index (χ2v) is 6.32. The zero-order valence-electron chi connectivity index (χ0n) is 11.9. The quantitative estimate of drug-likeness (QED) is 0.658. The first kappa shape index (κ1) is 13.2. The summed E-state index contributed by atoms with van der Waals surface area (Å²) in [6.45, 7) is 0. The van der Waals surface area contributed by atoms with Crippen LogP contribution in [0.25, 0.3) is 0 Å². The molecule has 5 rings (SSSR count). The molecule has 1 aromatic rings. The van der Waals surface area contributed by atoms with Gasteiger partial charge < -0.3 is 5.73 Å². The van der Waals surface area contributed by atoms with E-state index in [0.717, 1.165) is 6.42 Å². The van der Waals surface area contributed by atoms with Crippen molar-refractivity contribution < 1.29 is 14.4 Å². The van der Waals surface area contributed by atoms with Crippen LogP contribution in [-0.2, 0) is 14.4 Å². The molecule has 0 unspecified atom stereocenters. The van der Waals surface area contributed by atoms with Gasteiger partial charge in [-0.3, -0.25) is 14.4 Å². The molecule has 112 valence electrons. The van der Waals surface area contributed by atoms with E-state index in [0.29, 0.717) is 12.1 Å². The minimum Gasteiger partial charge on any atom is -0.369 e. The van der Waals surface area contributed by atoms with Crippen LogP contribution < -0.4 is 10.6 Å². The Bertz CT molecular complexity index is 712. The van der Waals surface area contributed by atoms with Gasteiger partial charge >= 0.3 is 0 Å². The molecule has 22 heavy (non-hydrogen) atoms. The minimum atomic E-state index is -1.00. The van der Waals surface area contributed by atoms with Gasteiger partial charge in [0.25, 0.3) is 0 Å². The number of nitrogens with two attached hydrogens (primary N) is 1. The molecule has 3 aliphatic carbocycles. The molecule has 1 aliphatic heterocycles. The maximum Gasteiger partial charge on any atom is 0.239 e. The average Bonchev–Trinajstić information content (AvgIpc) is 2.83. The third-order valence-corrected chi connectivity index (χ3v) is 5.37. The first-order chi connectivity index (χ1) is 10.6. The van der Waals surface area contributed by atoms with Crippen molar-refractivity contribution in [2.75, 3.05) is 4.90 Å². The molecule has 5 heteroatoms. The molecular weight excluding hydrogens is 280 g/mol. The van der Waals surface area contributed by atoms with Crippen LogP contribution in [0.4, 0.5) is 5.69 Å². The first-order valence-corrected chi connectivity index (χ1v) is 7.48. The number of hydrogen-bond donors (Lipinski definition) is 1. The predicted molar refractivity (Wildman–Crippen MR) is 79.4 cm³/mol. The van der Waals surface area contributed by atoms with Gasteiger partial charge in [0.05, 0.1) is 22.9 Å². The predicted octanol–water partition coefficient (Wildman–Crippen LogP) is 1.24. The van der Waals surface area contributed by atoms with E-state index in [1.165, 1.54) is 4.90 Å². The Morgan fingerprint density at radius 1 is 1.18 bits per heavy atom. The molecule has 1 heterocycles. The Morgan fingerprint density at radius 2 is 1.91 bits per heavy atom. The van der Waals surface area contributed by atoms with Crippen molar-refractivity contribution in [3.05, 3.63) is 42.5 Å². The second-order valence-electron chi connectivity index (χ2n) is 6.32. The van der Waals surface area contributed by atoms with E-state index < -0.39 is 23.2 Å². The summed E-state index contributed by atoms with van der Waals surface area (Å²) >= 11 is 0. The molecular formula is C17H16N2O3. The number of carbonyl (C=O) groups is 3. The van der Waals surface area contributed by atoms with E-state index in [4.69, 9.17) is 5.73 Å². The van der Waals surface area contributed by atoms with Crippen LogP contribution in [0, 0.1) is 23.2 Å². The molecule has 2 bridgehead atoms. The number of para-hydroxylation sites is 1. The number of fused-ring (bicyclic) bond motifs is 1. The van der Waals surface area contributed by atoms with Crippen LogP contribution in [0.2, 0.25) is 0 Å². The van der Waals surface area contributed by atoms with Crippen LogP contribution in [0.15, 0.2) is 42.5 Å². The lowest BCUT2D eigenvalue weighted by Crippen LogP contribution is -2.53. The van der Waals surface area contributed by atoms with Crippen molar-refractivity contribution in [1.82, 2.24) is 0 Å². The number of rotatable bonds is 2. The number of hydrogen-bond acceptors (Lipinski definition) is 3. The molecule has 4 atom stereocenters. The number of carbonyl (C=O) groups excluding carboxylic acids is 3. The summed E-state index contributed by atoms with van der Waals surface area (Å²) in [5.74, 6) is -2.10. The maximum atomic E-state index is 12.9. The largest absolute Gasteiger partial charge is 0.369 e. The van der Waals surface area contributed by atoms with Crippen molar-refractivity contribution >= 4 is 23.4 Å². The molecule has 3 amide bonds. The summed E-state index contributed by atoms with van der Waals surface area (Å²) in [6.07, 6.45) is 4.94. The Labute approximate surface area is 127 Å². The summed E-state index contributed by atoms with van der Waals surface area (Å²) in [5, 5.41) is 0. The van der Waals surface area contributed by atoms with Gasteiger partial charge in [-0.2, -0.15) is 0 Å². The van der Waals surface area contributed by atoms with E-state index in [1.54, 1.807) is 30.3 Å². The molecule has 1 saturated carbocycles. The molecule has 2 N–H and O–H groups in total. The Hall–Kier alpha value is -2.43. The number of allylic oxidation sites excluding steroid dienone is 1. The van der Waals surface area contributed by atoms with Crippen LogP contribution >= 0.6 is 0 Å². The lowest BCUT2D eigenvalue weighted by molar-refractivity contribution is -0.141. The third kappa shape index (κ3) is 1.46. The van der Waals surface area contributed by atoms with Crippen molar-refractivity contribution in [1.29, 1.82) is 0 Å². The highest BCUT2D eigenvalue weighted by Crippen LogP contribution is 2.56. The van der Waals surface area contributed by atoms with Gasteiger partial charge in [-0.15, -0.1) is 0 Å². The Kier molecular flexibility index (Phi) is 2.58. The Balaban J connectivity index is 1.84. The van der Waals surface area contributed by atoms with Crippen molar-refractivity contribution in [2.24, 2.45) is 28.9 Å². The average molecular weight is 296 g/mol. The summed E-state index contributed by atoms with van der Waals surface area (Å²) in [4.78, 5) is 39.0. The van der Waals surface area contributed by atoms with Gasteiger partial charge in [0.15, 0.2) is 0 Å². The van der Waals surface area contributed by atoms with E-state index >= 15 is 0 Å². The molecule has 4 aliphatic rings. The second kappa shape index (κ2) is 4.29. The van der Waals surface area contributed by atoms with Crippen LogP contribution in [0.5, 0.6) is 0 Å². The van der Waals surface area contributed by atoms with E-state index in [-0.39, 0.29) is 17.7 Å². The van der Waals surface area contributed by atoms with Gasteiger partial charge in [-0.25, -0.2) is 4.90 Å². The number of anilines is 1. The van der Waals surface area contributed by atoms with E-state index in [2.05, 4.69) is 0 Å². The first-order valence-electron chi connectivity index (χ1n) is 7.48. The fourth-order valence-electron chi connectivity index (χ4n) is 4.29. The molecule has 0 aromatic heterocycles. The fourth-order valence-corrected chi connectivity index (χ4v) is 4.29. The third-order valence-electron chi connectivity index (χ3n) is 5.37. The summed E-state index contributed by atoms with van der Waals surface area (Å²) < 4.78 is 0. The maximum absolute atomic E-state index is 12.9. The van der Waals surface area contributed by atoms with Crippen LogP contribution in [0.1, 0.15) is 12.8 Å². The lowest BCUT2D eigenvalue weighted by Gasteiger charge is -2.45. The highest BCUT2D eigenvalue weighted by Gasteiger charge is 2.65. The zero-order valence-corrected chi connectivity index (χ0v) is 11.9. The number of primary amides is 1. The highest BCUT2D eigenvalue weighted by atomic mass is 16.2. The topological polar surface area (TPSA) is 80.5 Å². The number of amides is 3. The van der Waals surface area contributed by atoms with Gasteiger partial charge in [-0.05, 0) is 30.9 Å². The summed E-state index contributed by atoms with van der Waals surface area (Å²) in [5.41, 5.74) is 5.17. The molecule has 2 fully saturated rings. The lowest BCUT2D eigenvalue weighted by atomic mass is 9.54. The number of imide groups is 1. The number of benzene rings is 1. The minimum absolute atomic E-state index is 0.0244. The molecule has 0 radical (unpaired) electrons. The van der Waals surface area contributed by atoms with Crippen molar-refractivity contribution in [3.8, 4) is 0 Å². The summed E-state index contributed by atoms with van der Waals surface area (Å²) in [7, 11) is 0. The van der Waals surface area contributed by atoms with Crippen molar-refractivity contribution in [3.63, 3.8) is 0 Å².